The fourth-order valence-electron chi connectivity index (χ4n) is 4.87. The molecule has 0 aliphatic carbocycles. The van der Waals surface area contributed by atoms with Crippen LogP contribution in [0.5, 0.6) is 0 Å². The van der Waals surface area contributed by atoms with Crippen LogP contribution in [0.15, 0.2) is 60.8 Å². The quantitative estimate of drug-likeness (QED) is 0.312. The number of amides is 1. The summed E-state index contributed by atoms with van der Waals surface area (Å²) in [7, 11) is 0. The summed E-state index contributed by atoms with van der Waals surface area (Å²) in [5.41, 5.74) is 7.98. The topological polar surface area (TPSA) is 75.1 Å². The highest BCUT2D eigenvalue weighted by Gasteiger charge is 2.21. The average Bonchev–Trinajstić information content (AvgIpc) is 3.43. The van der Waals surface area contributed by atoms with Gasteiger partial charge in [-0.15, -0.1) is 0 Å². The number of fused-ring (bicyclic) bond motifs is 2. The van der Waals surface area contributed by atoms with Crippen LogP contribution in [0.1, 0.15) is 46.1 Å². The Morgan fingerprint density at radius 2 is 1.86 bits per heavy atom. The molecule has 5 rings (SSSR count). The molecule has 1 amide bonds. The molecule has 0 fully saturated rings. The predicted octanol–water partition coefficient (Wildman–Crippen LogP) is 5.67. The largest absolute Gasteiger partial charge is 0.361 e. The Hall–Kier alpha value is -3.64. The van der Waals surface area contributed by atoms with Crippen molar-refractivity contribution in [2.75, 3.05) is 6.54 Å². The van der Waals surface area contributed by atoms with Gasteiger partial charge in [0.2, 0.25) is 5.91 Å². The highest BCUT2D eigenvalue weighted by Crippen LogP contribution is 2.34. The van der Waals surface area contributed by atoms with E-state index >= 15 is 0 Å². The number of para-hydroxylation sites is 1. The number of aryl methyl sites for hydroxylation is 3. The van der Waals surface area contributed by atoms with E-state index in [9.17, 15) is 4.79 Å². The zero-order chi connectivity index (χ0) is 24.5. The number of aromatic nitrogens is 4. The lowest BCUT2D eigenvalue weighted by atomic mass is 9.90. The van der Waals surface area contributed by atoms with E-state index in [0.29, 0.717) is 24.4 Å². The van der Waals surface area contributed by atoms with Crippen molar-refractivity contribution in [1.29, 1.82) is 0 Å². The summed E-state index contributed by atoms with van der Waals surface area (Å²) in [5.74, 6) is -0.0743. The van der Waals surface area contributed by atoms with E-state index in [1.54, 1.807) is 0 Å². The molecule has 0 saturated carbocycles. The van der Waals surface area contributed by atoms with Crippen LogP contribution >= 0.6 is 11.6 Å². The molecule has 0 spiro atoms. The second-order valence-corrected chi connectivity index (χ2v) is 9.39. The molecule has 0 aliphatic rings. The van der Waals surface area contributed by atoms with Crippen molar-refractivity contribution in [2.24, 2.45) is 0 Å². The van der Waals surface area contributed by atoms with Crippen LogP contribution in [-0.4, -0.2) is 32.0 Å². The molecule has 0 saturated heterocycles. The molecule has 3 heterocycles. The molecule has 0 bridgehead atoms. The second kappa shape index (κ2) is 9.55. The maximum atomic E-state index is 13.0. The number of aromatic amines is 1. The van der Waals surface area contributed by atoms with Gasteiger partial charge in [-0.05, 0) is 56.0 Å². The third kappa shape index (κ3) is 4.54. The first-order valence-electron chi connectivity index (χ1n) is 11.8. The van der Waals surface area contributed by atoms with Crippen LogP contribution in [0.4, 0.5) is 0 Å². The predicted molar refractivity (Wildman–Crippen MR) is 140 cm³/mol. The molecule has 2 aromatic carbocycles. The monoisotopic (exact) mass is 485 g/mol. The molecule has 35 heavy (non-hydrogen) atoms. The van der Waals surface area contributed by atoms with E-state index in [1.165, 1.54) is 0 Å². The molecule has 5 aromatic rings. The van der Waals surface area contributed by atoms with Crippen LogP contribution in [0.25, 0.3) is 16.6 Å². The van der Waals surface area contributed by atoms with Crippen LogP contribution in [-0.2, 0) is 11.2 Å². The molecular weight excluding hydrogens is 458 g/mol. The molecule has 1 atom stereocenters. The van der Waals surface area contributed by atoms with Gasteiger partial charge in [-0.2, -0.15) is 5.10 Å². The van der Waals surface area contributed by atoms with E-state index in [1.807, 2.05) is 73.9 Å². The normalized spacial score (nSPS) is 12.3. The Morgan fingerprint density at radius 1 is 1.09 bits per heavy atom. The maximum Gasteiger partial charge on any atom is 0.220 e. The van der Waals surface area contributed by atoms with Gasteiger partial charge >= 0.3 is 0 Å². The summed E-state index contributed by atoms with van der Waals surface area (Å²) < 4.78 is 1.86. The summed E-state index contributed by atoms with van der Waals surface area (Å²) >= 11 is 6.59. The molecule has 178 valence electrons. The molecule has 2 N–H and O–H groups in total. The van der Waals surface area contributed by atoms with E-state index in [-0.39, 0.29) is 11.8 Å². The number of nitrogens with zero attached hydrogens (tertiary/aromatic N) is 3. The number of rotatable bonds is 7. The standard InChI is InChI=1S/C28H28ClN5O/c1-17-14-27-32-18(2)20(19(3)34(27)33-17)12-13-28(35)31-16-23(21-8-4-6-10-25(21)29)24-15-30-26-11-7-5-9-22(24)26/h4-11,14-15,23,30H,12-13,16H2,1-3H3,(H,31,35). The van der Waals surface area contributed by atoms with Gasteiger partial charge in [0.05, 0.1) is 5.69 Å². The van der Waals surface area contributed by atoms with Gasteiger partial charge in [-0.1, -0.05) is 48.0 Å². The first kappa shape index (κ1) is 23.1. The number of halogens is 1. The zero-order valence-electron chi connectivity index (χ0n) is 20.1. The lowest BCUT2D eigenvalue weighted by Gasteiger charge is -2.19. The summed E-state index contributed by atoms with van der Waals surface area (Å²) in [5, 5.41) is 9.52. The van der Waals surface area contributed by atoms with Gasteiger partial charge in [-0.3, -0.25) is 4.79 Å². The van der Waals surface area contributed by atoms with Gasteiger partial charge < -0.3 is 10.3 Å². The van der Waals surface area contributed by atoms with Crippen LogP contribution in [0.2, 0.25) is 5.02 Å². The van der Waals surface area contributed by atoms with Gasteiger partial charge in [0.1, 0.15) is 0 Å². The second-order valence-electron chi connectivity index (χ2n) is 8.98. The van der Waals surface area contributed by atoms with Crippen molar-refractivity contribution >= 4 is 34.1 Å². The molecule has 3 aromatic heterocycles. The Bertz CT molecular complexity index is 1530. The van der Waals surface area contributed by atoms with E-state index < -0.39 is 0 Å². The van der Waals surface area contributed by atoms with E-state index in [4.69, 9.17) is 11.6 Å². The van der Waals surface area contributed by atoms with Crippen LogP contribution < -0.4 is 5.32 Å². The zero-order valence-corrected chi connectivity index (χ0v) is 20.9. The number of carbonyl (C=O) groups is 1. The van der Waals surface area contributed by atoms with Crippen LogP contribution in [0, 0.1) is 20.8 Å². The summed E-state index contributed by atoms with van der Waals surface area (Å²) in [4.78, 5) is 21.0. The molecule has 7 heteroatoms. The van der Waals surface area contributed by atoms with Crippen molar-refractivity contribution in [3.05, 3.63) is 99.6 Å². The molecule has 6 nitrogen and oxygen atoms in total. The third-order valence-electron chi connectivity index (χ3n) is 6.67. The van der Waals surface area contributed by atoms with E-state index in [0.717, 1.165) is 50.3 Å². The number of benzene rings is 2. The van der Waals surface area contributed by atoms with Crippen molar-refractivity contribution < 1.29 is 4.79 Å². The number of carbonyl (C=O) groups excluding carboxylic acids is 1. The first-order chi connectivity index (χ1) is 16.9. The smallest absolute Gasteiger partial charge is 0.220 e. The molecule has 0 aliphatic heterocycles. The minimum atomic E-state index is -0.0719. The maximum absolute atomic E-state index is 13.0. The summed E-state index contributed by atoms with van der Waals surface area (Å²) in [6.07, 6.45) is 3.00. The first-order valence-corrected chi connectivity index (χ1v) is 12.2. The average molecular weight is 486 g/mol. The van der Waals surface area contributed by atoms with Gasteiger partial charge in [0.25, 0.3) is 0 Å². The van der Waals surface area contributed by atoms with Gasteiger partial charge in [0, 0.05) is 58.5 Å². The number of nitrogens with one attached hydrogen (secondary N) is 2. The lowest BCUT2D eigenvalue weighted by molar-refractivity contribution is -0.121. The fourth-order valence-corrected chi connectivity index (χ4v) is 5.14. The third-order valence-corrected chi connectivity index (χ3v) is 7.01. The van der Waals surface area contributed by atoms with Crippen molar-refractivity contribution in [3.63, 3.8) is 0 Å². The van der Waals surface area contributed by atoms with Crippen molar-refractivity contribution in [1.82, 2.24) is 24.9 Å². The Kier molecular flexibility index (Phi) is 6.31. The number of H-pyrrole nitrogens is 1. The lowest BCUT2D eigenvalue weighted by Crippen LogP contribution is -2.29. The summed E-state index contributed by atoms with van der Waals surface area (Å²) in [6, 6.07) is 18.0. The number of hydrogen-bond donors (Lipinski definition) is 2. The minimum absolute atomic E-state index is 0.00237. The van der Waals surface area contributed by atoms with Crippen LogP contribution in [0.3, 0.4) is 0 Å². The molecule has 0 radical (unpaired) electrons. The Morgan fingerprint density at radius 3 is 2.69 bits per heavy atom. The van der Waals surface area contributed by atoms with Gasteiger partial charge in [-0.25, -0.2) is 9.50 Å². The Labute approximate surface area is 209 Å². The molecular formula is C28H28ClN5O. The van der Waals surface area contributed by atoms with Gasteiger partial charge in [0.15, 0.2) is 5.65 Å². The fraction of sp³-hybridized carbons (Fsp3) is 0.250. The summed E-state index contributed by atoms with van der Waals surface area (Å²) in [6.45, 7) is 6.44. The SMILES string of the molecule is Cc1cc2nc(C)c(CCC(=O)NCC(c3ccccc3Cl)c3c[nH]c4ccccc34)c(C)n2n1. The van der Waals surface area contributed by atoms with E-state index in [2.05, 4.69) is 32.5 Å². The highest BCUT2D eigenvalue weighted by molar-refractivity contribution is 6.31. The van der Waals surface area contributed by atoms with Crippen molar-refractivity contribution in [3.8, 4) is 0 Å². The van der Waals surface area contributed by atoms with Crippen molar-refractivity contribution in [2.45, 2.75) is 39.5 Å². The highest BCUT2D eigenvalue weighted by atomic mass is 35.5. The number of hydrogen-bond acceptors (Lipinski definition) is 3. The Balaban J connectivity index is 1.35. The molecule has 1 unspecified atom stereocenters. The minimum Gasteiger partial charge on any atom is -0.361 e.